The lowest BCUT2D eigenvalue weighted by atomic mass is 10.1. The first-order valence-corrected chi connectivity index (χ1v) is 8.10. The highest BCUT2D eigenvalue weighted by Crippen LogP contribution is 2.27. The quantitative estimate of drug-likeness (QED) is 0.691. The van der Waals surface area contributed by atoms with E-state index in [9.17, 15) is 14.7 Å². The molecule has 0 aliphatic heterocycles. The van der Waals surface area contributed by atoms with Crippen molar-refractivity contribution in [1.82, 2.24) is 4.57 Å². The molecule has 1 heterocycles. The van der Waals surface area contributed by atoms with Gasteiger partial charge in [0.15, 0.2) is 0 Å². The molecule has 0 amide bonds. The minimum Gasteiger partial charge on any atom is -0.478 e. The number of aliphatic carboxylic acids is 1. The van der Waals surface area contributed by atoms with E-state index >= 15 is 0 Å². The fourth-order valence-electron chi connectivity index (χ4n) is 2.67. The van der Waals surface area contributed by atoms with Gasteiger partial charge in [-0.3, -0.25) is 9.36 Å². The van der Waals surface area contributed by atoms with Crippen LogP contribution in [0.1, 0.15) is 12.5 Å². The number of hydrogen-bond donors (Lipinski definition) is 1. The molecule has 3 aromatic rings. The van der Waals surface area contributed by atoms with Gasteiger partial charge in [0.2, 0.25) is 0 Å². The van der Waals surface area contributed by atoms with Crippen LogP contribution in [0.15, 0.2) is 75.5 Å². The van der Waals surface area contributed by atoms with E-state index in [1.54, 1.807) is 24.3 Å². The van der Waals surface area contributed by atoms with Gasteiger partial charge in [-0.05, 0) is 30.7 Å². The van der Waals surface area contributed by atoms with E-state index in [1.165, 1.54) is 17.6 Å². The Kier molecular flexibility index (Phi) is 4.36. The van der Waals surface area contributed by atoms with Crippen molar-refractivity contribution in [3.63, 3.8) is 0 Å². The van der Waals surface area contributed by atoms with E-state index in [-0.39, 0.29) is 11.1 Å². The molecule has 0 bridgehead atoms. The Morgan fingerprint density at radius 3 is 2.38 bits per heavy atom. The van der Waals surface area contributed by atoms with E-state index < -0.39 is 5.97 Å². The number of halogens is 1. The van der Waals surface area contributed by atoms with Gasteiger partial charge in [-0.25, -0.2) is 4.79 Å². The zero-order valence-corrected chi connectivity index (χ0v) is 14.4. The van der Waals surface area contributed by atoms with Crippen molar-refractivity contribution in [3.05, 3.63) is 86.6 Å². The lowest BCUT2D eigenvalue weighted by molar-refractivity contribution is -0.132. The molecule has 0 saturated heterocycles. The average Bonchev–Trinajstić information content (AvgIpc) is 2.58. The standard InChI is InChI=1S/C19H14BrNO3/c1-12(19(23)24)18(13-6-3-2-4-7-13)21-16-9-5-8-15(20)14(16)10-11-17(21)22/h2-11H,1H3,(H,23,24). The highest BCUT2D eigenvalue weighted by molar-refractivity contribution is 9.10. The van der Waals surface area contributed by atoms with Gasteiger partial charge in [0.1, 0.15) is 0 Å². The first-order chi connectivity index (χ1) is 11.5. The summed E-state index contributed by atoms with van der Waals surface area (Å²) in [7, 11) is 0. The minimum atomic E-state index is -1.06. The summed E-state index contributed by atoms with van der Waals surface area (Å²) in [6, 6.07) is 17.8. The second-order valence-electron chi connectivity index (χ2n) is 5.32. The average molecular weight is 384 g/mol. The SMILES string of the molecule is CC(C(=O)O)=C(c1ccccc1)n1c(=O)ccc2c(Br)cccc21. The fraction of sp³-hybridized carbons (Fsp3) is 0.0526. The van der Waals surface area contributed by atoms with Crippen LogP contribution in [-0.4, -0.2) is 15.6 Å². The summed E-state index contributed by atoms with van der Waals surface area (Å²) in [6.07, 6.45) is 0. The van der Waals surface area contributed by atoms with Crippen LogP contribution < -0.4 is 5.56 Å². The summed E-state index contributed by atoms with van der Waals surface area (Å²) in [5, 5.41) is 10.3. The maximum absolute atomic E-state index is 12.6. The predicted octanol–water partition coefficient (Wildman–Crippen LogP) is 4.13. The molecule has 0 radical (unpaired) electrons. The number of fused-ring (bicyclic) bond motifs is 1. The Labute approximate surface area is 146 Å². The van der Waals surface area contributed by atoms with Crippen LogP contribution in [0.2, 0.25) is 0 Å². The topological polar surface area (TPSA) is 59.3 Å². The molecule has 120 valence electrons. The van der Waals surface area contributed by atoms with Crippen LogP contribution in [-0.2, 0) is 4.79 Å². The van der Waals surface area contributed by atoms with Gasteiger partial charge in [0.25, 0.3) is 5.56 Å². The van der Waals surface area contributed by atoms with Crippen LogP contribution in [0.25, 0.3) is 16.6 Å². The molecule has 1 N–H and O–H groups in total. The number of carbonyl (C=O) groups is 1. The molecule has 0 aliphatic carbocycles. The van der Waals surface area contributed by atoms with Gasteiger partial charge in [0.05, 0.1) is 16.8 Å². The third-order valence-electron chi connectivity index (χ3n) is 3.83. The van der Waals surface area contributed by atoms with Gasteiger partial charge in [-0.1, -0.05) is 52.3 Å². The largest absolute Gasteiger partial charge is 0.478 e. The van der Waals surface area contributed by atoms with E-state index in [2.05, 4.69) is 15.9 Å². The molecule has 5 heteroatoms. The third kappa shape index (κ3) is 2.78. The summed E-state index contributed by atoms with van der Waals surface area (Å²) in [5.41, 5.74) is 1.52. The Bertz CT molecular complexity index is 1020. The van der Waals surface area contributed by atoms with Crippen molar-refractivity contribution in [3.8, 4) is 0 Å². The van der Waals surface area contributed by atoms with Crippen molar-refractivity contribution in [2.45, 2.75) is 6.92 Å². The Morgan fingerprint density at radius 1 is 1.00 bits per heavy atom. The van der Waals surface area contributed by atoms with Gasteiger partial charge < -0.3 is 5.11 Å². The summed E-state index contributed by atoms with van der Waals surface area (Å²) in [6.45, 7) is 1.51. The number of nitrogens with zero attached hydrogens (tertiary/aromatic N) is 1. The number of hydrogen-bond acceptors (Lipinski definition) is 2. The van der Waals surface area contributed by atoms with Crippen LogP contribution in [0.4, 0.5) is 0 Å². The Balaban J connectivity index is 2.48. The highest BCUT2D eigenvalue weighted by Gasteiger charge is 2.17. The lowest BCUT2D eigenvalue weighted by Gasteiger charge is -2.16. The molecule has 0 aliphatic rings. The molecule has 3 rings (SSSR count). The van der Waals surface area contributed by atoms with E-state index in [0.29, 0.717) is 16.8 Å². The zero-order chi connectivity index (χ0) is 17.3. The van der Waals surface area contributed by atoms with Crippen LogP contribution in [0, 0.1) is 0 Å². The number of benzene rings is 2. The van der Waals surface area contributed by atoms with Crippen molar-refractivity contribution >= 4 is 38.5 Å². The molecule has 0 spiro atoms. The van der Waals surface area contributed by atoms with Crippen LogP contribution >= 0.6 is 15.9 Å². The fourth-order valence-corrected chi connectivity index (χ4v) is 3.16. The molecule has 0 fully saturated rings. The lowest BCUT2D eigenvalue weighted by Crippen LogP contribution is -2.21. The molecular formula is C19H14BrNO3. The highest BCUT2D eigenvalue weighted by atomic mass is 79.9. The second-order valence-corrected chi connectivity index (χ2v) is 6.18. The Morgan fingerprint density at radius 2 is 1.71 bits per heavy atom. The van der Waals surface area contributed by atoms with Crippen LogP contribution in [0.3, 0.4) is 0 Å². The maximum Gasteiger partial charge on any atom is 0.333 e. The molecule has 4 nitrogen and oxygen atoms in total. The van der Waals surface area contributed by atoms with Crippen LogP contribution in [0.5, 0.6) is 0 Å². The number of rotatable bonds is 3. The first kappa shape index (κ1) is 16.2. The van der Waals surface area contributed by atoms with Crippen molar-refractivity contribution in [1.29, 1.82) is 0 Å². The van der Waals surface area contributed by atoms with Crippen molar-refractivity contribution in [2.24, 2.45) is 0 Å². The third-order valence-corrected chi connectivity index (χ3v) is 4.52. The maximum atomic E-state index is 12.6. The number of carboxylic acids is 1. The van der Waals surface area contributed by atoms with Gasteiger partial charge in [0, 0.05) is 15.9 Å². The summed E-state index contributed by atoms with van der Waals surface area (Å²) in [5.74, 6) is -1.06. The molecule has 0 unspecified atom stereocenters. The monoisotopic (exact) mass is 383 g/mol. The molecule has 24 heavy (non-hydrogen) atoms. The number of aromatic nitrogens is 1. The van der Waals surface area contributed by atoms with Gasteiger partial charge in [-0.2, -0.15) is 0 Å². The van der Waals surface area contributed by atoms with E-state index in [4.69, 9.17) is 0 Å². The summed E-state index contributed by atoms with van der Waals surface area (Å²) >= 11 is 3.48. The first-order valence-electron chi connectivity index (χ1n) is 7.31. The normalized spacial score (nSPS) is 12.1. The van der Waals surface area contributed by atoms with Crippen molar-refractivity contribution in [2.75, 3.05) is 0 Å². The molecule has 2 aromatic carbocycles. The number of carboxylic acid groups (broad SMARTS) is 1. The second kappa shape index (κ2) is 6.45. The van der Waals surface area contributed by atoms with E-state index in [1.807, 2.05) is 30.3 Å². The smallest absolute Gasteiger partial charge is 0.333 e. The number of pyridine rings is 1. The molecule has 0 atom stereocenters. The molecular weight excluding hydrogens is 370 g/mol. The Hall–Kier alpha value is -2.66. The van der Waals surface area contributed by atoms with Gasteiger partial charge in [-0.15, -0.1) is 0 Å². The zero-order valence-electron chi connectivity index (χ0n) is 12.9. The minimum absolute atomic E-state index is 0.107. The summed E-state index contributed by atoms with van der Waals surface area (Å²) < 4.78 is 2.30. The van der Waals surface area contributed by atoms with E-state index in [0.717, 1.165) is 9.86 Å². The molecule has 0 saturated carbocycles. The summed E-state index contributed by atoms with van der Waals surface area (Å²) in [4.78, 5) is 24.2. The molecule has 1 aromatic heterocycles. The van der Waals surface area contributed by atoms with Gasteiger partial charge >= 0.3 is 5.97 Å². The van der Waals surface area contributed by atoms with Crippen molar-refractivity contribution < 1.29 is 9.90 Å². The predicted molar refractivity (Wildman–Crippen MR) is 98.0 cm³/mol.